The molecule has 0 unspecified atom stereocenters. The van der Waals surface area contributed by atoms with E-state index in [1.807, 2.05) is 0 Å². The number of carbonyl (C=O) groups is 1. The van der Waals surface area contributed by atoms with E-state index in [1.54, 1.807) is 6.92 Å². The van der Waals surface area contributed by atoms with Crippen molar-refractivity contribution < 1.29 is 13.2 Å². The van der Waals surface area contributed by atoms with Crippen molar-refractivity contribution in [1.29, 1.82) is 0 Å². The maximum Gasteiger partial charge on any atom is 0.279 e. The van der Waals surface area contributed by atoms with Gasteiger partial charge in [0.15, 0.2) is 0 Å². The molecule has 0 aromatic heterocycles. The molecule has 82 valence electrons. The van der Waals surface area contributed by atoms with Gasteiger partial charge in [0.1, 0.15) is 0 Å². The Labute approximate surface area is 83.8 Å². The first kappa shape index (κ1) is 11.4. The molecule has 14 heavy (non-hydrogen) atoms. The Kier molecular flexibility index (Phi) is 3.85. The van der Waals surface area contributed by atoms with E-state index in [9.17, 15) is 13.2 Å². The zero-order valence-corrected chi connectivity index (χ0v) is 8.93. The van der Waals surface area contributed by atoms with Crippen molar-refractivity contribution in [3.8, 4) is 0 Å². The van der Waals surface area contributed by atoms with Gasteiger partial charge in [-0.05, 0) is 6.42 Å². The van der Waals surface area contributed by atoms with Crippen LogP contribution in [0.2, 0.25) is 0 Å². The van der Waals surface area contributed by atoms with E-state index < -0.39 is 10.2 Å². The molecule has 0 bridgehead atoms. The molecule has 0 aromatic carbocycles. The van der Waals surface area contributed by atoms with Crippen molar-refractivity contribution >= 4 is 16.1 Å². The predicted octanol–water partition coefficient (Wildman–Crippen LogP) is -1.34. The molecule has 0 saturated carbocycles. The van der Waals surface area contributed by atoms with Gasteiger partial charge in [0.25, 0.3) is 10.2 Å². The summed E-state index contributed by atoms with van der Waals surface area (Å²) >= 11 is 0. The Morgan fingerprint density at radius 3 is 2.93 bits per heavy atom. The minimum atomic E-state index is -3.47. The molecule has 1 saturated heterocycles. The lowest BCUT2D eigenvalue weighted by Gasteiger charge is -2.18. The number of nitrogens with zero attached hydrogens (tertiary/aromatic N) is 1. The summed E-state index contributed by atoms with van der Waals surface area (Å²) in [5.41, 5.74) is 0. The number of nitrogens with one attached hydrogen (secondary N) is 2. The van der Waals surface area contributed by atoms with E-state index >= 15 is 0 Å². The standard InChI is InChI=1S/C7H15N3O3S/c1-2-9-14(12,13)10-5-3-4-8-7(11)6-10/h9H,2-6H2,1H3,(H,8,11). The molecule has 6 nitrogen and oxygen atoms in total. The van der Waals surface area contributed by atoms with E-state index in [1.165, 1.54) is 4.31 Å². The highest BCUT2D eigenvalue weighted by Crippen LogP contribution is 2.01. The highest BCUT2D eigenvalue weighted by atomic mass is 32.2. The van der Waals surface area contributed by atoms with Gasteiger partial charge in [-0.3, -0.25) is 4.79 Å². The number of amides is 1. The van der Waals surface area contributed by atoms with Gasteiger partial charge in [-0.1, -0.05) is 6.92 Å². The van der Waals surface area contributed by atoms with Crippen molar-refractivity contribution in [3.63, 3.8) is 0 Å². The predicted molar refractivity (Wildman–Crippen MR) is 51.8 cm³/mol. The number of hydrogen-bond acceptors (Lipinski definition) is 3. The molecule has 1 aliphatic rings. The van der Waals surface area contributed by atoms with Crippen LogP contribution in [0.4, 0.5) is 0 Å². The first-order chi connectivity index (χ1) is 6.56. The summed E-state index contributed by atoms with van der Waals surface area (Å²) in [6.45, 7) is 2.87. The zero-order chi connectivity index (χ0) is 10.6. The van der Waals surface area contributed by atoms with Crippen molar-refractivity contribution in [1.82, 2.24) is 14.3 Å². The minimum Gasteiger partial charge on any atom is -0.355 e. The van der Waals surface area contributed by atoms with Crippen molar-refractivity contribution in [3.05, 3.63) is 0 Å². The van der Waals surface area contributed by atoms with E-state index in [4.69, 9.17) is 0 Å². The van der Waals surface area contributed by atoms with Crippen LogP contribution in [0.15, 0.2) is 0 Å². The summed E-state index contributed by atoms with van der Waals surface area (Å²) in [5, 5.41) is 2.62. The van der Waals surface area contributed by atoms with Crippen molar-refractivity contribution in [2.75, 3.05) is 26.2 Å². The quantitative estimate of drug-likeness (QED) is 0.619. The Balaban J connectivity index is 2.70. The second kappa shape index (κ2) is 4.72. The topological polar surface area (TPSA) is 78.5 Å². The Morgan fingerprint density at radius 2 is 2.29 bits per heavy atom. The molecule has 7 heteroatoms. The summed E-state index contributed by atoms with van der Waals surface area (Å²) < 4.78 is 26.6. The molecule has 1 aliphatic heterocycles. The molecular formula is C7H15N3O3S. The molecule has 0 spiro atoms. The fourth-order valence-electron chi connectivity index (χ4n) is 1.26. The van der Waals surface area contributed by atoms with Crippen molar-refractivity contribution in [2.24, 2.45) is 0 Å². The summed E-state index contributed by atoms with van der Waals surface area (Å²) in [6, 6.07) is 0. The average molecular weight is 221 g/mol. The maximum absolute atomic E-state index is 11.5. The largest absolute Gasteiger partial charge is 0.355 e. The Hall–Kier alpha value is -0.660. The lowest BCUT2D eigenvalue weighted by atomic mass is 10.4. The lowest BCUT2D eigenvalue weighted by Crippen LogP contribution is -2.43. The van der Waals surface area contributed by atoms with E-state index in [0.29, 0.717) is 26.1 Å². The van der Waals surface area contributed by atoms with E-state index in [-0.39, 0.29) is 12.5 Å². The smallest absolute Gasteiger partial charge is 0.279 e. The summed E-state index contributed by atoms with van der Waals surface area (Å²) in [4.78, 5) is 11.1. The number of rotatable bonds is 3. The molecule has 1 amide bonds. The van der Waals surface area contributed by atoms with Gasteiger partial charge in [-0.15, -0.1) is 0 Å². The van der Waals surface area contributed by atoms with Crippen LogP contribution in [0.25, 0.3) is 0 Å². The molecule has 1 rings (SSSR count). The van der Waals surface area contributed by atoms with Crippen molar-refractivity contribution in [2.45, 2.75) is 13.3 Å². The van der Waals surface area contributed by atoms with Crippen LogP contribution in [0.5, 0.6) is 0 Å². The zero-order valence-electron chi connectivity index (χ0n) is 8.12. The van der Waals surface area contributed by atoms with Crippen LogP contribution in [0, 0.1) is 0 Å². The van der Waals surface area contributed by atoms with E-state index in [2.05, 4.69) is 10.0 Å². The number of hydrogen-bond donors (Lipinski definition) is 2. The highest BCUT2D eigenvalue weighted by Gasteiger charge is 2.24. The number of carbonyl (C=O) groups excluding carboxylic acids is 1. The van der Waals surface area contributed by atoms with Crippen LogP contribution < -0.4 is 10.0 Å². The third kappa shape index (κ3) is 2.93. The van der Waals surface area contributed by atoms with Gasteiger partial charge in [-0.25, -0.2) is 4.72 Å². The molecule has 0 atom stereocenters. The molecule has 2 N–H and O–H groups in total. The maximum atomic E-state index is 11.5. The second-order valence-corrected chi connectivity index (χ2v) is 4.80. The van der Waals surface area contributed by atoms with Crippen LogP contribution in [-0.2, 0) is 15.0 Å². The summed E-state index contributed by atoms with van der Waals surface area (Å²) in [5.74, 6) is -0.246. The van der Waals surface area contributed by atoms with Gasteiger partial charge in [-0.2, -0.15) is 12.7 Å². The minimum absolute atomic E-state index is 0.0880. The first-order valence-electron chi connectivity index (χ1n) is 4.57. The first-order valence-corrected chi connectivity index (χ1v) is 6.01. The Morgan fingerprint density at radius 1 is 1.57 bits per heavy atom. The van der Waals surface area contributed by atoms with Gasteiger partial charge in [0.05, 0.1) is 6.54 Å². The average Bonchev–Trinajstić information content (AvgIpc) is 2.30. The van der Waals surface area contributed by atoms with E-state index in [0.717, 1.165) is 0 Å². The molecule has 0 radical (unpaired) electrons. The SMILES string of the molecule is CCNS(=O)(=O)N1CCCNC(=O)C1. The molecule has 1 fully saturated rings. The highest BCUT2D eigenvalue weighted by molar-refractivity contribution is 7.87. The molecular weight excluding hydrogens is 206 g/mol. The molecule has 0 aliphatic carbocycles. The van der Waals surface area contributed by atoms with Gasteiger partial charge in [0, 0.05) is 19.6 Å². The summed E-state index contributed by atoms with van der Waals surface area (Å²) in [6.07, 6.45) is 0.649. The second-order valence-electron chi connectivity index (χ2n) is 3.04. The molecule has 1 heterocycles. The third-order valence-corrected chi connectivity index (χ3v) is 3.54. The third-order valence-electron chi connectivity index (χ3n) is 1.89. The monoisotopic (exact) mass is 221 g/mol. The van der Waals surface area contributed by atoms with Gasteiger partial charge >= 0.3 is 0 Å². The van der Waals surface area contributed by atoms with Crippen LogP contribution in [0.1, 0.15) is 13.3 Å². The van der Waals surface area contributed by atoms with Gasteiger partial charge in [0.2, 0.25) is 5.91 Å². The Bertz CT molecular complexity index is 301. The lowest BCUT2D eigenvalue weighted by molar-refractivity contribution is -0.120. The van der Waals surface area contributed by atoms with Crippen LogP contribution in [0.3, 0.4) is 0 Å². The van der Waals surface area contributed by atoms with Crippen LogP contribution in [-0.4, -0.2) is 44.8 Å². The fourth-order valence-corrected chi connectivity index (χ4v) is 2.46. The normalized spacial score (nSPS) is 20.2. The summed E-state index contributed by atoms with van der Waals surface area (Å²) in [7, 11) is -3.47. The fraction of sp³-hybridized carbons (Fsp3) is 0.857. The molecule has 0 aromatic rings. The van der Waals surface area contributed by atoms with Crippen LogP contribution >= 0.6 is 0 Å². The van der Waals surface area contributed by atoms with Gasteiger partial charge < -0.3 is 5.32 Å².